The molecule has 0 aliphatic carbocycles. The minimum absolute atomic E-state index is 0.0937. The fraction of sp³-hybridized carbons (Fsp3) is 0.471. The van der Waals surface area contributed by atoms with Gasteiger partial charge in [0.05, 0.1) is 6.04 Å². The van der Waals surface area contributed by atoms with Crippen LogP contribution in [0.4, 0.5) is 0 Å². The van der Waals surface area contributed by atoms with E-state index in [2.05, 4.69) is 18.0 Å². The van der Waals surface area contributed by atoms with Crippen LogP contribution in [-0.2, 0) is 11.2 Å². The molecule has 2 heterocycles. The third-order valence-electron chi connectivity index (χ3n) is 4.61. The van der Waals surface area contributed by atoms with Crippen molar-refractivity contribution in [2.75, 3.05) is 13.1 Å². The minimum atomic E-state index is -0.445. The highest BCUT2D eigenvalue weighted by Crippen LogP contribution is 2.22. The monoisotopic (exact) mass is 285 g/mol. The Hall–Kier alpha value is -1.81. The third kappa shape index (κ3) is 2.81. The minimum Gasteiger partial charge on any atom is -0.361 e. The van der Waals surface area contributed by atoms with Crippen molar-refractivity contribution >= 4 is 16.8 Å². The van der Waals surface area contributed by atoms with Gasteiger partial charge in [-0.15, -0.1) is 0 Å². The second-order valence-electron chi connectivity index (χ2n) is 6.02. The number of hydrogen-bond donors (Lipinski definition) is 2. The fourth-order valence-corrected chi connectivity index (χ4v) is 3.23. The Morgan fingerprint density at radius 3 is 3.05 bits per heavy atom. The van der Waals surface area contributed by atoms with Gasteiger partial charge in [-0.1, -0.05) is 31.5 Å². The number of nitrogens with two attached hydrogens (primary N) is 1. The number of fused-ring (bicyclic) bond motifs is 1. The number of hydrogen-bond acceptors (Lipinski definition) is 2. The first-order chi connectivity index (χ1) is 10.2. The first kappa shape index (κ1) is 14.1. The van der Waals surface area contributed by atoms with Gasteiger partial charge in [0.1, 0.15) is 0 Å². The van der Waals surface area contributed by atoms with Gasteiger partial charge < -0.3 is 15.6 Å². The summed E-state index contributed by atoms with van der Waals surface area (Å²) >= 11 is 0. The summed E-state index contributed by atoms with van der Waals surface area (Å²) in [5, 5.41) is 1.16. The van der Waals surface area contributed by atoms with Crippen molar-refractivity contribution in [3.63, 3.8) is 0 Å². The van der Waals surface area contributed by atoms with Crippen LogP contribution in [0, 0.1) is 5.92 Å². The molecule has 1 aromatic heterocycles. The smallest absolute Gasteiger partial charge is 0.239 e. The first-order valence-electron chi connectivity index (χ1n) is 7.78. The number of rotatable bonds is 4. The maximum Gasteiger partial charge on any atom is 0.239 e. The van der Waals surface area contributed by atoms with Crippen LogP contribution in [0.3, 0.4) is 0 Å². The zero-order chi connectivity index (χ0) is 14.8. The molecule has 1 aliphatic rings. The van der Waals surface area contributed by atoms with Gasteiger partial charge in [-0.2, -0.15) is 0 Å². The molecule has 21 heavy (non-hydrogen) atoms. The van der Waals surface area contributed by atoms with E-state index in [4.69, 9.17) is 5.73 Å². The van der Waals surface area contributed by atoms with Crippen molar-refractivity contribution in [1.82, 2.24) is 9.88 Å². The molecule has 112 valence electrons. The second kappa shape index (κ2) is 5.90. The molecule has 3 rings (SSSR count). The average molecular weight is 285 g/mol. The third-order valence-corrected chi connectivity index (χ3v) is 4.61. The van der Waals surface area contributed by atoms with E-state index >= 15 is 0 Å². The van der Waals surface area contributed by atoms with E-state index in [1.165, 1.54) is 0 Å². The van der Waals surface area contributed by atoms with Crippen LogP contribution < -0.4 is 5.73 Å². The molecule has 2 atom stereocenters. The quantitative estimate of drug-likeness (QED) is 0.905. The van der Waals surface area contributed by atoms with Crippen LogP contribution in [0.15, 0.2) is 30.5 Å². The summed E-state index contributed by atoms with van der Waals surface area (Å²) in [6.07, 6.45) is 4.82. The number of H-pyrrole nitrogens is 1. The molecule has 1 aliphatic heterocycles. The van der Waals surface area contributed by atoms with Crippen LogP contribution in [0.2, 0.25) is 0 Å². The van der Waals surface area contributed by atoms with Gasteiger partial charge in [-0.05, 0) is 30.4 Å². The number of benzene rings is 1. The summed E-state index contributed by atoms with van der Waals surface area (Å²) in [6.45, 7) is 3.92. The van der Waals surface area contributed by atoms with Crippen LogP contribution >= 0.6 is 0 Å². The Bertz CT molecular complexity index is 634. The zero-order valence-corrected chi connectivity index (χ0v) is 12.5. The van der Waals surface area contributed by atoms with E-state index in [1.54, 1.807) is 0 Å². The Balaban J connectivity index is 1.68. The van der Waals surface area contributed by atoms with Crippen molar-refractivity contribution in [3.8, 4) is 0 Å². The molecule has 0 saturated carbocycles. The molecule has 0 radical (unpaired) electrons. The average Bonchev–Trinajstić information content (AvgIpc) is 3.14. The lowest BCUT2D eigenvalue weighted by Crippen LogP contribution is -2.43. The van der Waals surface area contributed by atoms with Crippen LogP contribution in [-0.4, -0.2) is 34.9 Å². The molecular formula is C17H23N3O. The van der Waals surface area contributed by atoms with E-state index < -0.39 is 6.04 Å². The summed E-state index contributed by atoms with van der Waals surface area (Å²) in [5.74, 6) is 0.741. The number of likely N-dealkylation sites (tertiary alicyclic amines) is 1. The molecule has 4 nitrogen and oxygen atoms in total. The van der Waals surface area contributed by atoms with Gasteiger partial charge in [0, 0.05) is 30.2 Å². The normalized spacial score (nSPS) is 20.1. The van der Waals surface area contributed by atoms with Crippen LogP contribution in [0.5, 0.6) is 0 Å². The van der Waals surface area contributed by atoms with E-state index in [0.29, 0.717) is 12.3 Å². The number of nitrogens with zero attached hydrogens (tertiary/aromatic N) is 1. The molecule has 2 aromatic rings. The summed E-state index contributed by atoms with van der Waals surface area (Å²) < 4.78 is 0. The molecular weight excluding hydrogens is 262 g/mol. The van der Waals surface area contributed by atoms with Crippen molar-refractivity contribution < 1.29 is 4.79 Å². The lowest BCUT2D eigenvalue weighted by molar-refractivity contribution is -0.131. The lowest BCUT2D eigenvalue weighted by Gasteiger charge is -2.20. The first-order valence-corrected chi connectivity index (χ1v) is 7.78. The number of carbonyl (C=O) groups is 1. The van der Waals surface area contributed by atoms with Crippen molar-refractivity contribution in [3.05, 3.63) is 36.0 Å². The van der Waals surface area contributed by atoms with E-state index in [0.717, 1.165) is 42.4 Å². The van der Waals surface area contributed by atoms with Crippen LogP contribution in [0.25, 0.3) is 10.9 Å². The number of amides is 1. The standard InChI is InChI=1S/C17H23N3O/c1-2-12-7-8-20(11-12)17(21)15(18)9-13-10-19-16-6-4-3-5-14(13)16/h3-6,10,12,15,19H,2,7-9,11,18H2,1H3/t12?,15-/m1/s1. The molecule has 4 heteroatoms. The largest absolute Gasteiger partial charge is 0.361 e. The molecule has 1 fully saturated rings. The van der Waals surface area contributed by atoms with E-state index in [1.807, 2.05) is 29.3 Å². The maximum atomic E-state index is 12.5. The Labute approximate surface area is 125 Å². The molecule has 0 spiro atoms. The fourth-order valence-electron chi connectivity index (χ4n) is 3.23. The van der Waals surface area contributed by atoms with Crippen molar-refractivity contribution in [2.24, 2.45) is 11.7 Å². The van der Waals surface area contributed by atoms with Crippen LogP contribution in [0.1, 0.15) is 25.3 Å². The van der Waals surface area contributed by atoms with Gasteiger partial charge in [0.2, 0.25) is 5.91 Å². The Morgan fingerprint density at radius 1 is 1.48 bits per heavy atom. The molecule has 1 amide bonds. The Morgan fingerprint density at radius 2 is 2.29 bits per heavy atom. The summed E-state index contributed by atoms with van der Waals surface area (Å²) in [6, 6.07) is 7.68. The number of para-hydroxylation sites is 1. The van der Waals surface area contributed by atoms with Crippen molar-refractivity contribution in [2.45, 2.75) is 32.2 Å². The molecule has 0 bridgehead atoms. The summed E-state index contributed by atoms with van der Waals surface area (Å²) in [4.78, 5) is 17.6. The van der Waals surface area contributed by atoms with E-state index in [9.17, 15) is 4.79 Å². The van der Waals surface area contributed by atoms with Gasteiger partial charge in [0.15, 0.2) is 0 Å². The lowest BCUT2D eigenvalue weighted by atomic mass is 10.0. The number of aromatic amines is 1. The number of aromatic nitrogens is 1. The Kier molecular flexibility index (Phi) is 3.97. The second-order valence-corrected chi connectivity index (χ2v) is 6.02. The summed E-state index contributed by atoms with van der Waals surface area (Å²) in [7, 11) is 0. The van der Waals surface area contributed by atoms with Gasteiger partial charge in [-0.25, -0.2) is 0 Å². The highest BCUT2D eigenvalue weighted by molar-refractivity contribution is 5.86. The highest BCUT2D eigenvalue weighted by atomic mass is 16.2. The van der Waals surface area contributed by atoms with E-state index in [-0.39, 0.29) is 5.91 Å². The predicted molar refractivity (Wildman–Crippen MR) is 85.0 cm³/mol. The van der Waals surface area contributed by atoms with Gasteiger partial charge in [0.25, 0.3) is 0 Å². The molecule has 3 N–H and O–H groups in total. The van der Waals surface area contributed by atoms with Gasteiger partial charge >= 0.3 is 0 Å². The predicted octanol–water partition coefficient (Wildman–Crippen LogP) is 2.30. The molecule has 1 aromatic carbocycles. The summed E-state index contributed by atoms with van der Waals surface area (Å²) in [5.41, 5.74) is 8.38. The zero-order valence-electron chi connectivity index (χ0n) is 12.5. The molecule has 1 unspecified atom stereocenters. The number of carbonyl (C=O) groups excluding carboxylic acids is 1. The maximum absolute atomic E-state index is 12.5. The highest BCUT2D eigenvalue weighted by Gasteiger charge is 2.28. The molecule has 1 saturated heterocycles. The topological polar surface area (TPSA) is 62.1 Å². The van der Waals surface area contributed by atoms with Gasteiger partial charge in [-0.3, -0.25) is 4.79 Å². The SMILES string of the molecule is CCC1CCN(C(=O)[C@H](N)Cc2c[nH]c3ccccc23)C1. The number of nitrogens with one attached hydrogen (secondary N) is 1. The van der Waals surface area contributed by atoms with Crippen molar-refractivity contribution in [1.29, 1.82) is 0 Å².